The molecule has 0 unspecified atom stereocenters. The molecule has 0 radical (unpaired) electrons. The lowest BCUT2D eigenvalue weighted by Gasteiger charge is -2.11. The van der Waals surface area contributed by atoms with Crippen molar-refractivity contribution in [3.8, 4) is 0 Å². The van der Waals surface area contributed by atoms with Gasteiger partial charge < -0.3 is 10.3 Å². The van der Waals surface area contributed by atoms with Crippen molar-refractivity contribution in [2.45, 2.75) is 17.3 Å². The molecule has 0 aliphatic heterocycles. The van der Waals surface area contributed by atoms with Gasteiger partial charge in [-0.05, 0) is 31.2 Å². The van der Waals surface area contributed by atoms with Crippen LogP contribution in [-0.2, 0) is 4.79 Å². The number of aromatic nitrogens is 2. The molecule has 0 aliphatic carbocycles. The van der Waals surface area contributed by atoms with Gasteiger partial charge in [-0.2, -0.15) is 0 Å². The average molecular weight is 310 g/mol. The Labute approximate surface area is 124 Å². The number of carbonyl (C=O) groups excluding carboxylic acids is 1. The van der Waals surface area contributed by atoms with E-state index < -0.39 is 5.25 Å². The fourth-order valence-corrected chi connectivity index (χ4v) is 2.32. The number of hydrogen-bond donors (Lipinski definition) is 2. The fraction of sp³-hybridized carbons (Fsp3) is 0.154. The van der Waals surface area contributed by atoms with Crippen LogP contribution in [0, 0.1) is 0 Å². The highest BCUT2D eigenvalue weighted by molar-refractivity contribution is 8.00. The lowest BCUT2D eigenvalue weighted by molar-refractivity contribution is -0.115. The smallest absolute Gasteiger partial charge is 0.251 e. The van der Waals surface area contributed by atoms with E-state index in [1.54, 1.807) is 31.2 Å². The van der Waals surface area contributed by atoms with Gasteiger partial charge in [-0.3, -0.25) is 9.59 Å². The van der Waals surface area contributed by atoms with Gasteiger partial charge in [-0.1, -0.05) is 23.4 Å². The van der Waals surface area contributed by atoms with Crippen LogP contribution < -0.4 is 10.9 Å². The second-order valence-corrected chi connectivity index (χ2v) is 5.76. The third kappa shape index (κ3) is 4.11. The van der Waals surface area contributed by atoms with E-state index >= 15 is 0 Å². The zero-order valence-corrected chi connectivity index (χ0v) is 12.2. The monoisotopic (exact) mass is 309 g/mol. The minimum Gasteiger partial charge on any atom is -0.325 e. The third-order valence-corrected chi connectivity index (χ3v) is 3.67. The van der Waals surface area contributed by atoms with Gasteiger partial charge in [0.2, 0.25) is 5.91 Å². The standard InChI is InChI=1S/C13H12ClN3O2S/c1-8(20-13-15-7-6-11(18)17-13)12(19)16-10-4-2-9(14)3-5-10/h2-8H,1H3,(H,16,19)(H,15,17,18)/t8-/m1/s1. The molecule has 0 spiro atoms. The van der Waals surface area contributed by atoms with E-state index in [1.165, 1.54) is 24.0 Å². The zero-order chi connectivity index (χ0) is 14.5. The quantitative estimate of drug-likeness (QED) is 0.672. The molecule has 7 heteroatoms. The second kappa shape index (κ2) is 6.58. The predicted octanol–water partition coefficient (Wildman–Crippen LogP) is 2.54. The average Bonchev–Trinajstić information content (AvgIpc) is 2.41. The molecule has 5 nitrogen and oxygen atoms in total. The van der Waals surface area contributed by atoms with Gasteiger partial charge in [0.05, 0.1) is 5.25 Å². The van der Waals surface area contributed by atoms with Gasteiger partial charge in [0.1, 0.15) is 0 Å². The predicted molar refractivity (Wildman–Crippen MR) is 80.3 cm³/mol. The van der Waals surface area contributed by atoms with Crippen molar-refractivity contribution in [2.75, 3.05) is 5.32 Å². The first-order valence-corrected chi connectivity index (χ1v) is 7.09. The van der Waals surface area contributed by atoms with Crippen LogP contribution in [-0.4, -0.2) is 21.1 Å². The molecule has 1 heterocycles. The first kappa shape index (κ1) is 14.6. The number of nitrogens with zero attached hydrogens (tertiary/aromatic N) is 1. The summed E-state index contributed by atoms with van der Waals surface area (Å²) in [6, 6.07) is 8.17. The van der Waals surface area contributed by atoms with Gasteiger partial charge in [-0.25, -0.2) is 4.98 Å². The molecule has 20 heavy (non-hydrogen) atoms. The molecule has 0 saturated heterocycles. The highest BCUT2D eigenvalue weighted by Gasteiger charge is 2.15. The Morgan fingerprint density at radius 3 is 2.70 bits per heavy atom. The number of halogens is 1. The maximum Gasteiger partial charge on any atom is 0.251 e. The lowest BCUT2D eigenvalue weighted by atomic mass is 10.3. The molecule has 1 aromatic heterocycles. The maximum absolute atomic E-state index is 12.0. The fourth-order valence-electron chi connectivity index (χ4n) is 1.41. The number of amides is 1. The minimum atomic E-state index is -0.392. The Kier molecular flexibility index (Phi) is 4.81. The maximum atomic E-state index is 12.0. The molecule has 0 saturated carbocycles. The van der Waals surface area contributed by atoms with E-state index in [2.05, 4.69) is 15.3 Å². The largest absolute Gasteiger partial charge is 0.325 e. The Morgan fingerprint density at radius 1 is 1.35 bits per heavy atom. The molecular formula is C13H12ClN3O2S. The van der Waals surface area contributed by atoms with Gasteiger partial charge >= 0.3 is 0 Å². The Bertz CT molecular complexity index is 657. The van der Waals surface area contributed by atoms with E-state index in [-0.39, 0.29) is 11.5 Å². The van der Waals surface area contributed by atoms with Crippen molar-refractivity contribution >= 4 is 35.0 Å². The number of carbonyl (C=O) groups is 1. The number of anilines is 1. The number of nitrogens with one attached hydrogen (secondary N) is 2. The van der Waals surface area contributed by atoms with Gasteiger partial charge in [0.15, 0.2) is 5.16 Å². The number of benzene rings is 1. The minimum absolute atomic E-state index is 0.177. The normalized spacial score (nSPS) is 11.9. The number of H-pyrrole nitrogens is 1. The van der Waals surface area contributed by atoms with Gasteiger partial charge in [-0.15, -0.1) is 0 Å². The Morgan fingerprint density at radius 2 is 2.05 bits per heavy atom. The SMILES string of the molecule is C[C@@H](Sc1nccc(=O)[nH]1)C(=O)Nc1ccc(Cl)cc1. The molecule has 104 valence electrons. The molecule has 2 aromatic rings. The van der Waals surface area contributed by atoms with Crippen LogP contribution >= 0.6 is 23.4 Å². The molecule has 1 atom stereocenters. The van der Waals surface area contributed by atoms with E-state index in [0.29, 0.717) is 15.9 Å². The third-order valence-electron chi connectivity index (χ3n) is 2.42. The lowest BCUT2D eigenvalue weighted by Crippen LogP contribution is -2.23. The molecule has 2 rings (SSSR count). The van der Waals surface area contributed by atoms with Crippen molar-refractivity contribution in [3.63, 3.8) is 0 Å². The van der Waals surface area contributed by atoms with Crippen LogP contribution in [0.5, 0.6) is 0 Å². The summed E-state index contributed by atoms with van der Waals surface area (Å²) in [6.45, 7) is 1.74. The van der Waals surface area contributed by atoms with E-state index in [1.807, 2.05) is 0 Å². The molecule has 1 aromatic carbocycles. The van der Waals surface area contributed by atoms with Crippen LogP contribution in [0.3, 0.4) is 0 Å². The van der Waals surface area contributed by atoms with Crippen LogP contribution in [0.1, 0.15) is 6.92 Å². The van der Waals surface area contributed by atoms with Crippen molar-refractivity contribution in [1.29, 1.82) is 0 Å². The number of aromatic amines is 1. The summed E-state index contributed by atoms with van der Waals surface area (Å²) in [6.07, 6.45) is 1.41. The van der Waals surface area contributed by atoms with Crippen molar-refractivity contribution in [3.05, 3.63) is 51.9 Å². The molecular weight excluding hydrogens is 298 g/mol. The van der Waals surface area contributed by atoms with Crippen LogP contribution in [0.2, 0.25) is 5.02 Å². The highest BCUT2D eigenvalue weighted by atomic mass is 35.5. The molecule has 0 fully saturated rings. The topological polar surface area (TPSA) is 74.8 Å². The number of hydrogen-bond acceptors (Lipinski definition) is 4. The van der Waals surface area contributed by atoms with Crippen LogP contribution in [0.15, 0.2) is 46.5 Å². The molecule has 0 aliphatic rings. The van der Waals surface area contributed by atoms with E-state index in [4.69, 9.17) is 11.6 Å². The summed E-state index contributed by atoms with van der Waals surface area (Å²) in [7, 11) is 0. The molecule has 2 N–H and O–H groups in total. The molecule has 0 bridgehead atoms. The van der Waals surface area contributed by atoms with Crippen molar-refractivity contribution < 1.29 is 4.79 Å². The van der Waals surface area contributed by atoms with Gasteiger partial charge in [0.25, 0.3) is 5.56 Å². The van der Waals surface area contributed by atoms with Crippen LogP contribution in [0.25, 0.3) is 0 Å². The zero-order valence-electron chi connectivity index (χ0n) is 10.6. The summed E-state index contributed by atoms with van der Waals surface area (Å²) >= 11 is 6.96. The first-order chi connectivity index (χ1) is 9.54. The van der Waals surface area contributed by atoms with Gasteiger partial charge in [0, 0.05) is 23.0 Å². The highest BCUT2D eigenvalue weighted by Crippen LogP contribution is 2.20. The van der Waals surface area contributed by atoms with E-state index in [0.717, 1.165) is 0 Å². The Hall–Kier alpha value is -1.79. The summed E-state index contributed by atoms with van der Waals surface area (Å²) in [5.74, 6) is -0.177. The number of rotatable bonds is 4. The van der Waals surface area contributed by atoms with Crippen molar-refractivity contribution in [1.82, 2.24) is 9.97 Å². The summed E-state index contributed by atoms with van der Waals surface area (Å²) in [5.41, 5.74) is 0.425. The van der Waals surface area contributed by atoms with Crippen LogP contribution in [0.4, 0.5) is 5.69 Å². The summed E-state index contributed by atoms with van der Waals surface area (Å²) in [4.78, 5) is 29.7. The van der Waals surface area contributed by atoms with Crippen molar-refractivity contribution in [2.24, 2.45) is 0 Å². The molecule has 1 amide bonds. The summed E-state index contributed by atoms with van der Waals surface area (Å²) < 4.78 is 0. The Balaban J connectivity index is 1.98. The second-order valence-electron chi connectivity index (χ2n) is 4.00. The first-order valence-electron chi connectivity index (χ1n) is 5.83. The number of thioether (sulfide) groups is 1. The van der Waals surface area contributed by atoms with E-state index in [9.17, 15) is 9.59 Å². The summed E-state index contributed by atoms with van der Waals surface area (Å²) in [5, 5.41) is 3.39.